The summed E-state index contributed by atoms with van der Waals surface area (Å²) in [5.74, 6) is -0.929. The van der Waals surface area contributed by atoms with Crippen molar-refractivity contribution in [2.75, 3.05) is 7.11 Å². The quantitative estimate of drug-likeness (QED) is 0.891. The second kappa shape index (κ2) is 6.73. The third kappa shape index (κ3) is 4.25. The highest BCUT2D eigenvalue weighted by molar-refractivity contribution is 5.69. The molecule has 0 aliphatic carbocycles. The number of hydrogen-bond acceptors (Lipinski definition) is 2. The van der Waals surface area contributed by atoms with Crippen LogP contribution in [-0.2, 0) is 11.0 Å². The van der Waals surface area contributed by atoms with E-state index in [1.54, 1.807) is 24.3 Å². The van der Waals surface area contributed by atoms with Crippen LogP contribution in [0.5, 0.6) is 5.75 Å². The van der Waals surface area contributed by atoms with Gasteiger partial charge in [0, 0.05) is 5.92 Å². The summed E-state index contributed by atoms with van der Waals surface area (Å²) in [6, 6.07) is 11.4. The number of rotatable bonds is 5. The summed E-state index contributed by atoms with van der Waals surface area (Å²) >= 11 is 0. The number of hydrogen-bond donors (Lipinski definition) is 1. The van der Waals surface area contributed by atoms with Crippen LogP contribution in [0.3, 0.4) is 0 Å². The zero-order valence-corrected chi connectivity index (χ0v) is 12.3. The van der Waals surface area contributed by atoms with Gasteiger partial charge in [-0.05, 0) is 35.4 Å². The van der Waals surface area contributed by atoms with Gasteiger partial charge in [-0.25, -0.2) is 0 Å². The lowest BCUT2D eigenvalue weighted by Gasteiger charge is -2.17. The fourth-order valence-electron chi connectivity index (χ4n) is 2.34. The predicted molar refractivity (Wildman–Crippen MR) is 78.5 cm³/mol. The highest BCUT2D eigenvalue weighted by Gasteiger charge is 2.30. The van der Waals surface area contributed by atoms with E-state index in [1.165, 1.54) is 19.2 Å². The molecule has 0 aromatic heterocycles. The molecule has 0 heterocycles. The Hall–Kier alpha value is -2.50. The molecule has 0 aliphatic heterocycles. The number of benzene rings is 2. The number of ether oxygens (including phenoxy) is 1. The monoisotopic (exact) mass is 324 g/mol. The summed E-state index contributed by atoms with van der Waals surface area (Å²) in [6.07, 6.45) is -4.63. The molecule has 2 aromatic rings. The van der Waals surface area contributed by atoms with E-state index in [1.807, 2.05) is 0 Å². The summed E-state index contributed by atoms with van der Waals surface area (Å²) in [7, 11) is 1.51. The van der Waals surface area contributed by atoms with Crippen LogP contribution >= 0.6 is 0 Å². The molecular weight excluding hydrogens is 309 g/mol. The van der Waals surface area contributed by atoms with Gasteiger partial charge in [-0.15, -0.1) is 0 Å². The van der Waals surface area contributed by atoms with Gasteiger partial charge < -0.3 is 9.84 Å². The molecule has 1 N–H and O–H groups in total. The van der Waals surface area contributed by atoms with Crippen molar-refractivity contribution in [3.63, 3.8) is 0 Å². The molecular formula is C17H15F3O3. The van der Waals surface area contributed by atoms with Gasteiger partial charge in [0.1, 0.15) is 5.75 Å². The summed E-state index contributed by atoms with van der Waals surface area (Å²) in [5.41, 5.74) is 0.462. The van der Waals surface area contributed by atoms with Gasteiger partial charge in [0.05, 0.1) is 19.1 Å². The lowest BCUT2D eigenvalue weighted by Crippen LogP contribution is -2.09. The minimum absolute atomic E-state index is 0.211. The topological polar surface area (TPSA) is 46.5 Å². The number of carbonyl (C=O) groups is 1. The average molecular weight is 324 g/mol. The number of carboxylic acids is 1. The number of methoxy groups -OCH3 is 1. The first-order valence-corrected chi connectivity index (χ1v) is 6.84. The summed E-state index contributed by atoms with van der Waals surface area (Å²) < 4.78 is 42.9. The molecule has 1 atom stereocenters. The maximum atomic E-state index is 12.6. The van der Waals surface area contributed by atoms with E-state index in [9.17, 15) is 18.0 Å². The van der Waals surface area contributed by atoms with Gasteiger partial charge in [-0.1, -0.05) is 24.3 Å². The molecule has 0 amide bonds. The van der Waals surface area contributed by atoms with E-state index in [-0.39, 0.29) is 6.42 Å². The normalized spacial score (nSPS) is 12.7. The Morgan fingerprint density at radius 2 is 1.52 bits per heavy atom. The molecule has 0 saturated heterocycles. The van der Waals surface area contributed by atoms with Crippen LogP contribution in [0, 0.1) is 0 Å². The molecule has 23 heavy (non-hydrogen) atoms. The van der Waals surface area contributed by atoms with Crippen LogP contribution < -0.4 is 4.74 Å². The molecule has 0 fully saturated rings. The van der Waals surface area contributed by atoms with Gasteiger partial charge >= 0.3 is 12.1 Å². The van der Waals surface area contributed by atoms with E-state index in [0.29, 0.717) is 16.9 Å². The first-order chi connectivity index (χ1) is 10.8. The van der Waals surface area contributed by atoms with Crippen LogP contribution in [0.1, 0.15) is 29.0 Å². The maximum Gasteiger partial charge on any atom is 0.416 e. The van der Waals surface area contributed by atoms with Crippen molar-refractivity contribution in [1.29, 1.82) is 0 Å². The fourth-order valence-corrected chi connectivity index (χ4v) is 2.34. The van der Waals surface area contributed by atoms with E-state index in [2.05, 4.69) is 0 Å². The minimum Gasteiger partial charge on any atom is -0.497 e. The Morgan fingerprint density at radius 1 is 1.04 bits per heavy atom. The van der Waals surface area contributed by atoms with E-state index < -0.39 is 23.6 Å². The van der Waals surface area contributed by atoms with Crippen LogP contribution in [0.4, 0.5) is 13.2 Å². The second-order valence-electron chi connectivity index (χ2n) is 5.04. The van der Waals surface area contributed by atoms with Crippen molar-refractivity contribution in [2.45, 2.75) is 18.5 Å². The van der Waals surface area contributed by atoms with Gasteiger partial charge in [0.15, 0.2) is 0 Å². The van der Waals surface area contributed by atoms with Crippen LogP contribution in [0.15, 0.2) is 48.5 Å². The van der Waals surface area contributed by atoms with Crippen molar-refractivity contribution < 1.29 is 27.8 Å². The van der Waals surface area contributed by atoms with Gasteiger partial charge in [-0.2, -0.15) is 13.2 Å². The Kier molecular flexibility index (Phi) is 4.93. The molecule has 1 unspecified atom stereocenters. The Morgan fingerprint density at radius 3 is 1.91 bits per heavy atom. The molecule has 2 rings (SSSR count). The number of halogens is 3. The van der Waals surface area contributed by atoms with Crippen molar-refractivity contribution >= 4 is 5.97 Å². The number of alkyl halides is 3. The van der Waals surface area contributed by atoms with Crippen LogP contribution in [-0.4, -0.2) is 18.2 Å². The van der Waals surface area contributed by atoms with Crippen molar-refractivity contribution in [2.24, 2.45) is 0 Å². The average Bonchev–Trinajstić information content (AvgIpc) is 2.52. The van der Waals surface area contributed by atoms with Gasteiger partial charge in [-0.3, -0.25) is 4.79 Å². The second-order valence-corrected chi connectivity index (χ2v) is 5.04. The fraction of sp³-hybridized carbons (Fsp3) is 0.235. The van der Waals surface area contributed by atoms with E-state index in [0.717, 1.165) is 12.1 Å². The SMILES string of the molecule is COc1ccc(C(CC(=O)O)c2ccc(C(F)(F)F)cc2)cc1. The first kappa shape index (κ1) is 16.9. The predicted octanol–water partition coefficient (Wildman–Crippen LogP) is 4.32. The molecule has 0 spiro atoms. The largest absolute Gasteiger partial charge is 0.497 e. The molecule has 0 bridgehead atoms. The number of aliphatic carboxylic acids is 1. The smallest absolute Gasteiger partial charge is 0.416 e. The third-order valence-corrected chi connectivity index (χ3v) is 3.54. The molecule has 6 heteroatoms. The van der Waals surface area contributed by atoms with Gasteiger partial charge in [0.2, 0.25) is 0 Å². The van der Waals surface area contributed by atoms with E-state index >= 15 is 0 Å². The molecule has 0 aliphatic rings. The van der Waals surface area contributed by atoms with Crippen molar-refractivity contribution in [3.05, 3.63) is 65.2 Å². The lowest BCUT2D eigenvalue weighted by molar-refractivity contribution is -0.138. The highest BCUT2D eigenvalue weighted by atomic mass is 19.4. The molecule has 3 nitrogen and oxygen atoms in total. The minimum atomic E-state index is -4.42. The maximum absolute atomic E-state index is 12.6. The zero-order valence-electron chi connectivity index (χ0n) is 12.3. The van der Waals surface area contributed by atoms with Crippen LogP contribution in [0.25, 0.3) is 0 Å². The van der Waals surface area contributed by atoms with Crippen molar-refractivity contribution in [1.82, 2.24) is 0 Å². The summed E-state index contributed by atoms with van der Waals surface area (Å²) in [5, 5.41) is 9.09. The van der Waals surface area contributed by atoms with Crippen LogP contribution in [0.2, 0.25) is 0 Å². The van der Waals surface area contributed by atoms with Crippen molar-refractivity contribution in [3.8, 4) is 5.75 Å². The lowest BCUT2D eigenvalue weighted by atomic mass is 9.88. The molecule has 2 aromatic carbocycles. The third-order valence-electron chi connectivity index (χ3n) is 3.54. The molecule has 0 saturated carbocycles. The van der Waals surface area contributed by atoms with E-state index in [4.69, 9.17) is 9.84 Å². The molecule has 0 radical (unpaired) electrons. The number of carboxylic acid groups (broad SMARTS) is 1. The summed E-state index contributed by atoms with van der Waals surface area (Å²) in [6.45, 7) is 0. The Balaban J connectivity index is 2.35. The zero-order chi connectivity index (χ0) is 17.0. The van der Waals surface area contributed by atoms with Gasteiger partial charge in [0.25, 0.3) is 0 Å². The Labute approximate surface area is 131 Å². The highest BCUT2D eigenvalue weighted by Crippen LogP contribution is 2.33. The first-order valence-electron chi connectivity index (χ1n) is 6.84. The summed E-state index contributed by atoms with van der Waals surface area (Å²) in [4.78, 5) is 11.1. The molecule has 122 valence electrons. The standard InChI is InChI=1S/C17H15F3O3/c1-23-14-8-4-12(5-9-14)15(10-16(21)22)11-2-6-13(7-3-11)17(18,19)20/h2-9,15H,10H2,1H3,(H,21,22). The Bertz CT molecular complexity index is 661.